The van der Waals surface area contributed by atoms with E-state index in [1.807, 2.05) is 30.3 Å². The minimum Gasteiger partial charge on any atom is -0.383 e. The lowest BCUT2D eigenvalue weighted by Crippen LogP contribution is -2.31. The van der Waals surface area contributed by atoms with Gasteiger partial charge in [-0.1, -0.05) is 42.5 Å². The van der Waals surface area contributed by atoms with Crippen molar-refractivity contribution in [3.63, 3.8) is 0 Å². The zero-order valence-corrected chi connectivity index (χ0v) is 16.1. The van der Waals surface area contributed by atoms with E-state index in [0.717, 1.165) is 16.8 Å². The Labute approximate surface area is 172 Å². The standard InChI is InChI=1S/C23H20FN5O/c24-15-8-6-13(7-9-15)18-19-16(27-22-20(18)21(25)28-23(26)29-22)10-14(11-17(19)30)12-4-2-1-3-5-12/h1-9,14,18H,10-11H2,(H5,25,26,27,28,29)/t14-,18-/m1/s1. The first-order chi connectivity index (χ1) is 14.5. The van der Waals surface area contributed by atoms with Crippen molar-refractivity contribution in [1.82, 2.24) is 9.97 Å². The molecule has 1 aromatic heterocycles. The second-order valence-electron chi connectivity index (χ2n) is 7.67. The van der Waals surface area contributed by atoms with Crippen LogP contribution < -0.4 is 16.8 Å². The Morgan fingerprint density at radius 1 is 0.933 bits per heavy atom. The van der Waals surface area contributed by atoms with E-state index in [2.05, 4.69) is 15.3 Å². The topological polar surface area (TPSA) is 107 Å². The number of hydrogen-bond acceptors (Lipinski definition) is 6. The zero-order valence-electron chi connectivity index (χ0n) is 16.1. The Kier molecular flexibility index (Phi) is 4.24. The van der Waals surface area contributed by atoms with Crippen molar-refractivity contribution in [2.24, 2.45) is 0 Å². The molecule has 0 fully saturated rings. The van der Waals surface area contributed by atoms with Gasteiger partial charge in [-0.3, -0.25) is 4.79 Å². The minimum atomic E-state index is -0.471. The van der Waals surface area contributed by atoms with Gasteiger partial charge in [-0.25, -0.2) is 4.39 Å². The van der Waals surface area contributed by atoms with Crippen LogP contribution in [0.15, 0.2) is 65.9 Å². The first kappa shape index (κ1) is 18.3. The number of nitrogens with one attached hydrogen (secondary N) is 1. The molecule has 3 aromatic rings. The van der Waals surface area contributed by atoms with E-state index in [1.54, 1.807) is 12.1 Å². The molecule has 6 nitrogen and oxygen atoms in total. The van der Waals surface area contributed by atoms with Crippen LogP contribution in [0, 0.1) is 5.82 Å². The number of Topliss-reactive ketones (excluding diaryl/α,β-unsaturated/α-hetero) is 1. The molecule has 0 spiro atoms. The maximum atomic E-state index is 13.6. The highest BCUT2D eigenvalue weighted by atomic mass is 19.1. The predicted molar refractivity (Wildman–Crippen MR) is 113 cm³/mol. The van der Waals surface area contributed by atoms with Crippen molar-refractivity contribution in [3.05, 3.63) is 88.4 Å². The smallest absolute Gasteiger partial charge is 0.223 e. The SMILES string of the molecule is Nc1nc(N)c2c(n1)NC1=C(C(=O)C[C@H](c3ccccc3)C1)[C@H]2c1ccc(F)cc1. The quantitative estimate of drug-likeness (QED) is 0.604. The van der Waals surface area contributed by atoms with Gasteiger partial charge in [0.15, 0.2) is 5.78 Å². The maximum absolute atomic E-state index is 13.6. The summed E-state index contributed by atoms with van der Waals surface area (Å²) in [6.07, 6.45) is 1.05. The van der Waals surface area contributed by atoms with Crippen molar-refractivity contribution in [1.29, 1.82) is 0 Å². The van der Waals surface area contributed by atoms with Crippen molar-refractivity contribution in [3.8, 4) is 0 Å². The van der Waals surface area contributed by atoms with Crippen LogP contribution in [0.1, 0.15) is 41.4 Å². The van der Waals surface area contributed by atoms with Gasteiger partial charge in [0.05, 0.1) is 0 Å². The lowest BCUT2D eigenvalue weighted by Gasteiger charge is -2.36. The molecular formula is C23H20FN5O. The van der Waals surface area contributed by atoms with E-state index in [9.17, 15) is 9.18 Å². The number of anilines is 3. The molecule has 0 radical (unpaired) electrons. The van der Waals surface area contributed by atoms with E-state index in [0.29, 0.717) is 29.8 Å². The molecule has 1 aliphatic heterocycles. The predicted octanol–water partition coefficient (Wildman–Crippen LogP) is 3.74. The molecule has 0 unspecified atom stereocenters. The molecule has 0 saturated heterocycles. The summed E-state index contributed by atoms with van der Waals surface area (Å²) in [5.41, 5.74) is 16.0. The molecule has 7 heteroatoms. The van der Waals surface area contributed by atoms with Gasteiger partial charge in [0.2, 0.25) is 5.95 Å². The van der Waals surface area contributed by atoms with Crippen LogP contribution in [0.25, 0.3) is 0 Å². The van der Waals surface area contributed by atoms with Crippen LogP contribution in [-0.4, -0.2) is 15.8 Å². The number of aromatic nitrogens is 2. The summed E-state index contributed by atoms with van der Waals surface area (Å²) in [4.78, 5) is 21.8. The lowest BCUT2D eigenvalue weighted by molar-refractivity contribution is -0.116. The maximum Gasteiger partial charge on any atom is 0.223 e. The highest BCUT2D eigenvalue weighted by molar-refractivity contribution is 6.02. The Balaban J connectivity index is 1.67. The average Bonchev–Trinajstić information content (AvgIpc) is 2.73. The number of allylic oxidation sites excluding steroid dienone is 2. The van der Waals surface area contributed by atoms with E-state index in [1.165, 1.54) is 12.1 Å². The van der Waals surface area contributed by atoms with E-state index in [4.69, 9.17) is 11.5 Å². The van der Waals surface area contributed by atoms with Crippen LogP contribution in [0.3, 0.4) is 0 Å². The fourth-order valence-electron chi connectivity index (χ4n) is 4.51. The molecule has 2 atom stereocenters. The second kappa shape index (κ2) is 6.95. The van der Waals surface area contributed by atoms with Gasteiger partial charge in [0.1, 0.15) is 17.5 Å². The molecule has 2 aliphatic rings. The van der Waals surface area contributed by atoms with E-state index < -0.39 is 5.92 Å². The molecule has 30 heavy (non-hydrogen) atoms. The number of fused-ring (bicyclic) bond motifs is 1. The highest BCUT2D eigenvalue weighted by Crippen LogP contribution is 2.48. The number of hydrogen-bond donors (Lipinski definition) is 3. The highest BCUT2D eigenvalue weighted by Gasteiger charge is 2.40. The van der Waals surface area contributed by atoms with Crippen LogP contribution in [0.4, 0.5) is 22.0 Å². The minimum absolute atomic E-state index is 0.0359. The molecule has 0 saturated carbocycles. The molecule has 2 aromatic carbocycles. The van der Waals surface area contributed by atoms with Gasteiger partial charge >= 0.3 is 0 Å². The Hall–Kier alpha value is -3.74. The molecule has 2 heterocycles. The summed E-state index contributed by atoms with van der Waals surface area (Å²) in [5.74, 6) is 0.0518. The van der Waals surface area contributed by atoms with Crippen molar-refractivity contribution < 1.29 is 9.18 Å². The van der Waals surface area contributed by atoms with Gasteiger partial charge in [-0.2, -0.15) is 9.97 Å². The van der Waals surface area contributed by atoms with Gasteiger partial charge in [-0.15, -0.1) is 0 Å². The summed E-state index contributed by atoms with van der Waals surface area (Å²) in [6.45, 7) is 0. The zero-order chi connectivity index (χ0) is 20.8. The number of nitrogens with two attached hydrogens (primary N) is 2. The number of benzene rings is 2. The Bertz CT molecular complexity index is 1170. The largest absolute Gasteiger partial charge is 0.383 e. The number of ketones is 1. The molecule has 5 N–H and O–H groups in total. The Morgan fingerprint density at radius 2 is 1.67 bits per heavy atom. The van der Waals surface area contributed by atoms with E-state index >= 15 is 0 Å². The summed E-state index contributed by atoms with van der Waals surface area (Å²) in [6, 6.07) is 16.1. The summed E-state index contributed by atoms with van der Waals surface area (Å²) < 4.78 is 13.6. The van der Waals surface area contributed by atoms with Crippen molar-refractivity contribution >= 4 is 23.4 Å². The summed E-state index contributed by atoms with van der Waals surface area (Å²) in [5, 5.41) is 3.30. The van der Waals surface area contributed by atoms with Gasteiger partial charge in [0, 0.05) is 29.2 Å². The first-order valence-corrected chi connectivity index (χ1v) is 9.78. The van der Waals surface area contributed by atoms with Crippen LogP contribution in [0.2, 0.25) is 0 Å². The molecule has 1 aliphatic carbocycles. The summed E-state index contributed by atoms with van der Waals surface area (Å²) >= 11 is 0. The lowest BCUT2D eigenvalue weighted by atomic mass is 9.72. The molecule has 0 bridgehead atoms. The molecular weight excluding hydrogens is 381 g/mol. The van der Waals surface area contributed by atoms with Gasteiger partial charge < -0.3 is 16.8 Å². The fraction of sp³-hybridized carbons (Fsp3) is 0.174. The Morgan fingerprint density at radius 3 is 2.40 bits per heavy atom. The third kappa shape index (κ3) is 2.99. The normalized spacial score (nSPS) is 20.4. The molecule has 150 valence electrons. The number of nitrogens with zero attached hydrogens (tertiary/aromatic N) is 2. The summed E-state index contributed by atoms with van der Waals surface area (Å²) in [7, 11) is 0. The van der Waals surface area contributed by atoms with Gasteiger partial charge in [-0.05, 0) is 35.6 Å². The number of nitrogen functional groups attached to an aromatic ring is 2. The second-order valence-corrected chi connectivity index (χ2v) is 7.67. The van der Waals surface area contributed by atoms with Gasteiger partial charge in [0.25, 0.3) is 0 Å². The number of rotatable bonds is 2. The first-order valence-electron chi connectivity index (χ1n) is 9.78. The number of carbonyl (C=O) groups excluding carboxylic acids is 1. The van der Waals surface area contributed by atoms with Crippen molar-refractivity contribution in [2.45, 2.75) is 24.7 Å². The fourth-order valence-corrected chi connectivity index (χ4v) is 4.51. The van der Waals surface area contributed by atoms with Crippen LogP contribution in [0.5, 0.6) is 0 Å². The van der Waals surface area contributed by atoms with Crippen LogP contribution >= 0.6 is 0 Å². The monoisotopic (exact) mass is 401 g/mol. The number of carbonyl (C=O) groups is 1. The average molecular weight is 401 g/mol. The number of halogens is 1. The molecule has 5 rings (SSSR count). The third-order valence-corrected chi connectivity index (χ3v) is 5.82. The van der Waals surface area contributed by atoms with E-state index in [-0.39, 0.29) is 29.3 Å². The molecule has 0 amide bonds. The van der Waals surface area contributed by atoms with Crippen LogP contribution in [-0.2, 0) is 4.79 Å². The van der Waals surface area contributed by atoms with Crippen molar-refractivity contribution in [2.75, 3.05) is 16.8 Å². The third-order valence-electron chi connectivity index (χ3n) is 5.82.